The number of hydrogen-bond acceptors (Lipinski definition) is 1. The van der Waals surface area contributed by atoms with Gasteiger partial charge in [-0.15, -0.1) is 0 Å². The Morgan fingerprint density at radius 3 is 2.24 bits per heavy atom. The van der Waals surface area contributed by atoms with Crippen LogP contribution in [-0.2, 0) is 6.42 Å². The second-order valence-electron chi connectivity index (χ2n) is 6.18. The van der Waals surface area contributed by atoms with Gasteiger partial charge < -0.3 is 0 Å². The first-order valence-electron chi connectivity index (χ1n) is 7.67. The Kier molecular flexibility index (Phi) is 4.95. The van der Waals surface area contributed by atoms with E-state index in [1.54, 1.807) is 0 Å². The summed E-state index contributed by atoms with van der Waals surface area (Å²) in [4.78, 5) is 12.4. The van der Waals surface area contributed by atoms with Gasteiger partial charge in [0.1, 0.15) is 0 Å². The summed E-state index contributed by atoms with van der Waals surface area (Å²) in [7, 11) is 0. The molecular weight excluding hydrogens is 256 g/mol. The Hall–Kier alpha value is -1.89. The summed E-state index contributed by atoms with van der Waals surface area (Å²) < 4.78 is 0. The molecule has 2 aromatic rings. The number of benzene rings is 2. The zero-order chi connectivity index (χ0) is 15.4. The number of carbonyl (C=O) groups excluding carboxylic acids is 1. The summed E-state index contributed by atoms with van der Waals surface area (Å²) in [6, 6.07) is 16.2. The molecule has 0 aliphatic carbocycles. The van der Waals surface area contributed by atoms with Crippen LogP contribution in [0.15, 0.2) is 48.5 Å². The van der Waals surface area contributed by atoms with E-state index in [0.29, 0.717) is 5.92 Å². The van der Waals surface area contributed by atoms with Crippen molar-refractivity contribution in [1.82, 2.24) is 0 Å². The maximum atomic E-state index is 12.4. The molecule has 0 spiro atoms. The number of rotatable bonds is 5. The molecule has 0 fully saturated rings. The maximum Gasteiger partial charge on any atom is 0.165 e. The third-order valence-corrected chi connectivity index (χ3v) is 4.00. The highest BCUT2D eigenvalue weighted by atomic mass is 16.1. The highest BCUT2D eigenvalue weighted by Crippen LogP contribution is 2.22. The molecule has 0 radical (unpaired) electrons. The van der Waals surface area contributed by atoms with Crippen molar-refractivity contribution in [2.24, 2.45) is 5.92 Å². The van der Waals surface area contributed by atoms with Crippen molar-refractivity contribution < 1.29 is 4.79 Å². The van der Waals surface area contributed by atoms with Crippen LogP contribution in [0.25, 0.3) is 0 Å². The molecule has 21 heavy (non-hydrogen) atoms. The third kappa shape index (κ3) is 3.81. The lowest BCUT2D eigenvalue weighted by Gasteiger charge is -2.14. The van der Waals surface area contributed by atoms with E-state index in [1.807, 2.05) is 37.3 Å². The van der Waals surface area contributed by atoms with Crippen LogP contribution in [0.3, 0.4) is 0 Å². The highest BCUT2D eigenvalue weighted by Gasteiger charge is 2.16. The predicted octanol–water partition coefficient (Wildman–Crippen LogP) is 5.18. The molecule has 0 saturated heterocycles. The molecule has 1 atom stereocenters. The van der Waals surface area contributed by atoms with E-state index in [2.05, 4.69) is 39.0 Å². The molecule has 0 amide bonds. The van der Waals surface area contributed by atoms with E-state index in [9.17, 15) is 4.79 Å². The lowest BCUT2D eigenvalue weighted by molar-refractivity contribution is 0.0929. The van der Waals surface area contributed by atoms with Crippen LogP contribution in [0.1, 0.15) is 53.7 Å². The summed E-state index contributed by atoms with van der Waals surface area (Å²) in [6.45, 7) is 8.59. The summed E-state index contributed by atoms with van der Waals surface area (Å²) in [5, 5.41) is 0. The van der Waals surface area contributed by atoms with Crippen LogP contribution in [0.4, 0.5) is 0 Å². The first kappa shape index (κ1) is 15.5. The molecule has 0 aliphatic rings. The van der Waals surface area contributed by atoms with Crippen LogP contribution < -0.4 is 0 Å². The molecule has 0 heterocycles. The molecule has 2 aromatic carbocycles. The van der Waals surface area contributed by atoms with Crippen molar-refractivity contribution in [2.75, 3.05) is 0 Å². The fourth-order valence-corrected chi connectivity index (χ4v) is 2.85. The average molecular weight is 280 g/mol. The van der Waals surface area contributed by atoms with Crippen molar-refractivity contribution in [1.29, 1.82) is 0 Å². The average Bonchev–Trinajstić information content (AvgIpc) is 2.47. The molecule has 0 bridgehead atoms. The fourth-order valence-electron chi connectivity index (χ4n) is 2.85. The minimum Gasteiger partial charge on any atom is -0.294 e. The second-order valence-corrected chi connectivity index (χ2v) is 6.18. The van der Waals surface area contributed by atoms with Gasteiger partial charge in [0.25, 0.3) is 0 Å². The quantitative estimate of drug-likeness (QED) is 0.690. The lowest BCUT2D eigenvalue weighted by atomic mass is 9.90. The molecular formula is C20H24O. The van der Waals surface area contributed by atoms with Crippen LogP contribution >= 0.6 is 0 Å². The van der Waals surface area contributed by atoms with Crippen molar-refractivity contribution in [3.05, 3.63) is 70.8 Å². The third-order valence-electron chi connectivity index (χ3n) is 4.00. The van der Waals surface area contributed by atoms with Gasteiger partial charge in [0.2, 0.25) is 0 Å². The van der Waals surface area contributed by atoms with Crippen LogP contribution in [0, 0.1) is 12.8 Å². The van der Waals surface area contributed by atoms with E-state index in [1.165, 1.54) is 16.7 Å². The monoisotopic (exact) mass is 280 g/mol. The Morgan fingerprint density at radius 2 is 1.67 bits per heavy atom. The van der Waals surface area contributed by atoms with Gasteiger partial charge >= 0.3 is 0 Å². The molecule has 0 saturated carbocycles. The van der Waals surface area contributed by atoms with Gasteiger partial charge in [0.05, 0.1) is 0 Å². The van der Waals surface area contributed by atoms with Crippen molar-refractivity contribution in [3.63, 3.8) is 0 Å². The zero-order valence-electron chi connectivity index (χ0n) is 13.4. The van der Waals surface area contributed by atoms with Gasteiger partial charge in [0, 0.05) is 11.5 Å². The molecule has 1 nitrogen and oxygen atoms in total. The fraction of sp³-hybridized carbons (Fsp3) is 0.350. The molecule has 110 valence electrons. The number of hydrogen-bond donors (Lipinski definition) is 0. The Balaban J connectivity index is 2.11. The largest absolute Gasteiger partial charge is 0.294 e. The van der Waals surface area contributed by atoms with Crippen molar-refractivity contribution >= 4 is 5.78 Å². The second kappa shape index (κ2) is 6.71. The Bertz CT molecular complexity index is 611. The van der Waals surface area contributed by atoms with E-state index in [-0.39, 0.29) is 11.7 Å². The van der Waals surface area contributed by atoms with Crippen LogP contribution in [0.5, 0.6) is 0 Å². The van der Waals surface area contributed by atoms with E-state index in [0.717, 1.165) is 12.0 Å². The highest BCUT2D eigenvalue weighted by molar-refractivity contribution is 5.97. The van der Waals surface area contributed by atoms with Gasteiger partial charge in [-0.1, -0.05) is 69.3 Å². The Morgan fingerprint density at radius 1 is 1.00 bits per heavy atom. The topological polar surface area (TPSA) is 17.1 Å². The molecule has 2 rings (SSSR count). The number of Topliss-reactive ketones (excluding diaryl/α,β-unsaturated/α-hetero) is 1. The lowest BCUT2D eigenvalue weighted by Crippen LogP contribution is -2.14. The summed E-state index contributed by atoms with van der Waals surface area (Å²) >= 11 is 0. The van der Waals surface area contributed by atoms with E-state index < -0.39 is 0 Å². The normalized spacial score (nSPS) is 12.4. The smallest absolute Gasteiger partial charge is 0.165 e. The summed E-state index contributed by atoms with van der Waals surface area (Å²) in [5.74, 6) is 0.778. The molecule has 1 unspecified atom stereocenters. The molecule has 1 heteroatoms. The molecule has 0 aromatic heterocycles. The zero-order valence-corrected chi connectivity index (χ0v) is 13.4. The first-order valence-corrected chi connectivity index (χ1v) is 7.67. The minimum atomic E-state index is 0.0108. The summed E-state index contributed by atoms with van der Waals surface area (Å²) in [6.07, 6.45) is 0.799. The van der Waals surface area contributed by atoms with Crippen LogP contribution in [0.2, 0.25) is 0 Å². The summed E-state index contributed by atoms with van der Waals surface area (Å²) in [5.41, 5.74) is 4.76. The standard InChI is InChI=1S/C20H24O/c1-14(2)19-11-10-17(12-15(19)3)13-16(4)20(21)18-8-6-5-7-9-18/h5-12,14,16H,13H2,1-4H3. The van der Waals surface area contributed by atoms with Crippen LogP contribution in [-0.4, -0.2) is 5.78 Å². The first-order chi connectivity index (χ1) is 9.99. The van der Waals surface area contributed by atoms with Gasteiger partial charge in [-0.2, -0.15) is 0 Å². The van der Waals surface area contributed by atoms with Gasteiger partial charge in [0.15, 0.2) is 5.78 Å². The van der Waals surface area contributed by atoms with Gasteiger partial charge in [-0.05, 0) is 36.0 Å². The minimum absolute atomic E-state index is 0.0108. The number of carbonyl (C=O) groups is 1. The van der Waals surface area contributed by atoms with Gasteiger partial charge in [-0.25, -0.2) is 0 Å². The maximum absolute atomic E-state index is 12.4. The SMILES string of the molecule is Cc1cc(CC(C)C(=O)c2ccccc2)ccc1C(C)C. The van der Waals surface area contributed by atoms with Crippen molar-refractivity contribution in [3.8, 4) is 0 Å². The van der Waals surface area contributed by atoms with E-state index in [4.69, 9.17) is 0 Å². The predicted molar refractivity (Wildman–Crippen MR) is 88.9 cm³/mol. The Labute approximate surface area is 128 Å². The van der Waals surface area contributed by atoms with E-state index >= 15 is 0 Å². The molecule has 0 aliphatic heterocycles. The number of ketones is 1. The van der Waals surface area contributed by atoms with Gasteiger partial charge in [-0.3, -0.25) is 4.79 Å². The number of aryl methyl sites for hydroxylation is 1. The van der Waals surface area contributed by atoms with Crippen molar-refractivity contribution in [2.45, 2.75) is 40.0 Å². The molecule has 0 N–H and O–H groups in total.